The molecule has 3 unspecified atom stereocenters. The molecule has 1 amide bonds. The fourth-order valence-electron chi connectivity index (χ4n) is 10.5. The van der Waals surface area contributed by atoms with Crippen LogP contribution < -0.4 is 5.32 Å². The molecule has 0 aromatic heterocycles. The second-order valence-electron chi connectivity index (χ2n) is 25.1. The molecule has 0 aliphatic carbocycles. The number of nitrogens with one attached hydrogen (secondary N) is 1. The van der Waals surface area contributed by atoms with Crippen LogP contribution in [0.25, 0.3) is 0 Å². The molecule has 0 spiro atoms. The Morgan fingerprint density at radius 3 is 1.08 bits per heavy atom. The Balaban J connectivity index is 5.02. The molecule has 10 heteroatoms. The van der Waals surface area contributed by atoms with Crippen molar-refractivity contribution < 1.29 is 37.3 Å². The minimum Gasteiger partial charge on any atom is -0.456 e. The number of quaternary nitrogens is 1. The quantitative estimate of drug-likeness (QED) is 0.0205. The first-order chi connectivity index (χ1) is 38.4. The number of rotatable bonds is 64. The van der Waals surface area contributed by atoms with Crippen LogP contribution in [0.5, 0.6) is 0 Å². The van der Waals surface area contributed by atoms with E-state index < -0.39 is 20.0 Å². The summed E-state index contributed by atoms with van der Waals surface area (Å²) in [6, 6.07) is -0.842. The van der Waals surface area contributed by atoms with E-state index in [0.29, 0.717) is 23.9 Å². The maximum Gasteiger partial charge on any atom is 0.472 e. The number of hydrogen-bond donors (Lipinski definition) is 2. The molecule has 0 aliphatic rings. The Kier molecular flexibility index (Phi) is 58.5. The van der Waals surface area contributed by atoms with E-state index in [0.717, 1.165) is 57.8 Å². The number of amides is 1. The number of nitrogens with zero attached hydrogens (tertiary/aromatic N) is 1. The van der Waals surface area contributed by atoms with Gasteiger partial charge in [-0.2, -0.15) is 0 Å². The van der Waals surface area contributed by atoms with E-state index >= 15 is 0 Å². The van der Waals surface area contributed by atoms with Gasteiger partial charge in [0.2, 0.25) is 5.91 Å². The monoisotopic (exact) mass is 1140 g/mol. The molecule has 79 heavy (non-hydrogen) atoms. The van der Waals surface area contributed by atoms with Gasteiger partial charge in [0.05, 0.1) is 33.8 Å². The summed E-state index contributed by atoms with van der Waals surface area (Å²) in [5, 5.41) is 3.07. The number of carbonyl (C=O) groups excluding carboxylic acids is 2. The van der Waals surface area contributed by atoms with E-state index in [1.54, 1.807) is 0 Å². The average molecular weight is 1140 g/mol. The average Bonchev–Trinajstić information content (AvgIpc) is 3.41. The SMILES string of the molecule is CCCCCCCC/C=C/CCCCCCCCCCCCCCCCCC(=O)OC(/C=C/CCCCCCCCCCCC)C(COP(=O)(O)OCC[N+](C)(C)C)NC(=O)CCCCCCCCCCCCCCCCCC. The van der Waals surface area contributed by atoms with Gasteiger partial charge in [-0.1, -0.05) is 309 Å². The molecule has 3 atom stereocenters. The zero-order valence-electron chi connectivity index (χ0n) is 53.6. The van der Waals surface area contributed by atoms with E-state index in [2.05, 4.69) is 38.2 Å². The highest BCUT2D eigenvalue weighted by Crippen LogP contribution is 2.43. The van der Waals surface area contributed by atoms with Crippen molar-refractivity contribution in [3.05, 3.63) is 24.3 Å². The molecular formula is C69H136N2O7P+. The predicted octanol–water partition coefficient (Wildman–Crippen LogP) is 21.7. The normalized spacial score (nSPS) is 13.7. The number of phosphoric ester groups is 1. The van der Waals surface area contributed by atoms with Crippen LogP contribution in [0.1, 0.15) is 355 Å². The van der Waals surface area contributed by atoms with Gasteiger partial charge in [0, 0.05) is 12.8 Å². The lowest BCUT2D eigenvalue weighted by Gasteiger charge is -2.27. The van der Waals surface area contributed by atoms with Gasteiger partial charge in [-0.25, -0.2) is 4.57 Å². The summed E-state index contributed by atoms with van der Waals surface area (Å²) in [6.07, 6.45) is 71.9. The first-order valence-corrected chi connectivity index (χ1v) is 36.2. The van der Waals surface area contributed by atoms with Crippen LogP contribution in [0, 0.1) is 0 Å². The lowest BCUT2D eigenvalue weighted by atomic mass is 10.0. The number of phosphoric acid groups is 1. The number of allylic oxidation sites excluding steroid dienone is 3. The summed E-state index contributed by atoms with van der Waals surface area (Å²) in [5.74, 6) is -0.483. The van der Waals surface area contributed by atoms with Crippen LogP contribution in [0.2, 0.25) is 0 Å². The fraction of sp³-hybridized carbons (Fsp3) is 0.913. The molecular weight excluding hydrogens is 1000 g/mol. The molecule has 0 aliphatic heterocycles. The van der Waals surface area contributed by atoms with Crippen molar-refractivity contribution in [2.75, 3.05) is 40.9 Å². The van der Waals surface area contributed by atoms with Gasteiger partial charge in [-0.3, -0.25) is 18.6 Å². The molecule has 0 radical (unpaired) electrons. The molecule has 0 aromatic carbocycles. The van der Waals surface area contributed by atoms with E-state index in [-0.39, 0.29) is 25.1 Å². The molecule has 0 bridgehead atoms. The summed E-state index contributed by atoms with van der Waals surface area (Å²) in [6.45, 7) is 7.07. The number of carbonyl (C=O) groups is 2. The molecule has 0 saturated heterocycles. The lowest BCUT2D eigenvalue weighted by molar-refractivity contribution is -0.870. The topological polar surface area (TPSA) is 111 Å². The van der Waals surface area contributed by atoms with Gasteiger partial charge in [0.15, 0.2) is 0 Å². The first kappa shape index (κ1) is 77.5. The van der Waals surface area contributed by atoms with Crippen molar-refractivity contribution in [3.8, 4) is 0 Å². The highest BCUT2D eigenvalue weighted by atomic mass is 31.2. The van der Waals surface area contributed by atoms with Crippen molar-refractivity contribution in [3.63, 3.8) is 0 Å². The van der Waals surface area contributed by atoms with Crippen LogP contribution >= 0.6 is 7.82 Å². The highest BCUT2D eigenvalue weighted by molar-refractivity contribution is 7.47. The van der Waals surface area contributed by atoms with Gasteiger partial charge >= 0.3 is 13.8 Å². The maximum absolute atomic E-state index is 13.6. The van der Waals surface area contributed by atoms with Crippen molar-refractivity contribution in [1.29, 1.82) is 0 Å². The van der Waals surface area contributed by atoms with Gasteiger partial charge < -0.3 is 19.4 Å². The van der Waals surface area contributed by atoms with E-state index in [1.807, 2.05) is 33.3 Å². The Morgan fingerprint density at radius 2 is 0.734 bits per heavy atom. The smallest absolute Gasteiger partial charge is 0.456 e. The zero-order valence-corrected chi connectivity index (χ0v) is 54.5. The summed E-state index contributed by atoms with van der Waals surface area (Å²) in [7, 11) is 1.52. The van der Waals surface area contributed by atoms with Crippen LogP contribution in [0.15, 0.2) is 24.3 Å². The Hall–Kier alpha value is -1.51. The summed E-state index contributed by atoms with van der Waals surface area (Å²) in [5.41, 5.74) is 0. The lowest BCUT2D eigenvalue weighted by Crippen LogP contribution is -2.47. The standard InChI is InChI=1S/C69H135N2O7P/c1-7-10-13-16-19-22-25-28-30-32-33-34-35-36-37-38-39-40-42-44-47-50-53-56-59-62-69(73)78-67(60-57-54-51-48-45-27-24-21-18-15-12-9-3)66(65-77-79(74,75)76-64-63-71(4,5)6)70-68(72)61-58-55-52-49-46-43-41-31-29-26-23-20-17-14-11-8-2/h28,30,57,60,66-67H,7-27,29,31-56,58-59,61-65H2,1-6H3,(H-,70,72,74,75)/p+1/b30-28+,60-57+. The molecule has 0 aromatic rings. The Bertz CT molecular complexity index is 1400. The van der Waals surface area contributed by atoms with Gasteiger partial charge in [0.1, 0.15) is 19.3 Å². The maximum atomic E-state index is 13.6. The minimum atomic E-state index is -4.44. The van der Waals surface area contributed by atoms with Crippen molar-refractivity contribution >= 4 is 19.7 Å². The molecule has 0 rings (SSSR count). The number of esters is 1. The van der Waals surface area contributed by atoms with Gasteiger partial charge in [-0.15, -0.1) is 0 Å². The number of likely N-dealkylation sites (N-methyl/N-ethyl adjacent to an activating group) is 1. The largest absolute Gasteiger partial charge is 0.472 e. The van der Waals surface area contributed by atoms with Gasteiger partial charge in [-0.05, 0) is 57.4 Å². The van der Waals surface area contributed by atoms with Crippen LogP contribution in [0.4, 0.5) is 0 Å². The summed E-state index contributed by atoms with van der Waals surface area (Å²) < 4.78 is 30.8. The van der Waals surface area contributed by atoms with Crippen molar-refractivity contribution in [2.45, 2.75) is 367 Å². The van der Waals surface area contributed by atoms with E-state index in [4.69, 9.17) is 13.8 Å². The number of unbranched alkanes of at least 4 members (excludes halogenated alkanes) is 46. The Morgan fingerprint density at radius 1 is 0.430 bits per heavy atom. The highest BCUT2D eigenvalue weighted by Gasteiger charge is 2.30. The van der Waals surface area contributed by atoms with Crippen LogP contribution in [-0.2, 0) is 27.9 Å². The molecule has 2 N–H and O–H groups in total. The molecule has 468 valence electrons. The van der Waals surface area contributed by atoms with Crippen molar-refractivity contribution in [1.82, 2.24) is 5.32 Å². The zero-order chi connectivity index (χ0) is 57.9. The van der Waals surface area contributed by atoms with Crippen LogP contribution in [-0.4, -0.2) is 74.3 Å². The fourth-order valence-corrected chi connectivity index (χ4v) is 11.3. The molecule has 0 saturated carbocycles. The second-order valence-corrected chi connectivity index (χ2v) is 26.5. The summed E-state index contributed by atoms with van der Waals surface area (Å²) >= 11 is 0. The molecule has 0 fully saturated rings. The third-order valence-corrected chi connectivity index (χ3v) is 16.9. The van der Waals surface area contributed by atoms with Gasteiger partial charge in [0.25, 0.3) is 0 Å². The molecule has 0 heterocycles. The van der Waals surface area contributed by atoms with E-state index in [1.165, 1.54) is 263 Å². The predicted molar refractivity (Wildman–Crippen MR) is 342 cm³/mol. The first-order valence-electron chi connectivity index (χ1n) is 34.7. The Labute approximate surface area is 492 Å². The third-order valence-electron chi connectivity index (χ3n) is 15.9. The summed E-state index contributed by atoms with van der Waals surface area (Å²) in [4.78, 5) is 37.8. The number of ether oxygens (including phenoxy) is 1. The second kappa shape index (κ2) is 59.6. The van der Waals surface area contributed by atoms with E-state index in [9.17, 15) is 19.0 Å². The van der Waals surface area contributed by atoms with Crippen LogP contribution in [0.3, 0.4) is 0 Å². The van der Waals surface area contributed by atoms with Crippen molar-refractivity contribution in [2.24, 2.45) is 0 Å². The third kappa shape index (κ3) is 60.9. The number of hydrogen-bond acceptors (Lipinski definition) is 6. The molecule has 9 nitrogen and oxygen atoms in total. The minimum absolute atomic E-state index is 0.0447.